The predicted molar refractivity (Wildman–Crippen MR) is 78.0 cm³/mol. The molecule has 1 aliphatic heterocycles. The van der Waals surface area contributed by atoms with Gasteiger partial charge in [0.25, 0.3) is 0 Å². The summed E-state index contributed by atoms with van der Waals surface area (Å²) in [5.74, 6) is 0.895. The van der Waals surface area contributed by atoms with Crippen molar-refractivity contribution < 1.29 is 0 Å². The fourth-order valence-electron chi connectivity index (χ4n) is 3.58. The van der Waals surface area contributed by atoms with Crippen molar-refractivity contribution in [1.29, 1.82) is 0 Å². The smallest absolute Gasteiger partial charge is 0.0110 e. The van der Waals surface area contributed by atoms with E-state index in [-0.39, 0.29) is 0 Å². The van der Waals surface area contributed by atoms with Crippen molar-refractivity contribution in [2.75, 3.05) is 45.8 Å². The van der Waals surface area contributed by atoms with Crippen LogP contribution < -0.4 is 5.32 Å². The van der Waals surface area contributed by atoms with Crippen LogP contribution in [0.4, 0.5) is 0 Å². The zero-order valence-corrected chi connectivity index (χ0v) is 12.3. The first-order valence-electron chi connectivity index (χ1n) is 8.01. The molecule has 0 aromatic rings. The summed E-state index contributed by atoms with van der Waals surface area (Å²) in [6.45, 7) is 13.3. The molecule has 1 saturated heterocycles. The molecule has 1 saturated carbocycles. The molecule has 18 heavy (non-hydrogen) atoms. The Balaban J connectivity index is 1.77. The van der Waals surface area contributed by atoms with Crippen molar-refractivity contribution in [3.63, 3.8) is 0 Å². The Morgan fingerprint density at radius 3 is 2.28 bits per heavy atom. The van der Waals surface area contributed by atoms with E-state index in [0.29, 0.717) is 0 Å². The SMILES string of the molecule is CCNC1CCCCC1CN1CCN(CC)CC1. The van der Waals surface area contributed by atoms with Gasteiger partial charge in [-0.2, -0.15) is 0 Å². The van der Waals surface area contributed by atoms with Gasteiger partial charge in [-0.25, -0.2) is 0 Å². The molecular weight excluding hydrogens is 222 g/mol. The Kier molecular flexibility index (Phi) is 5.93. The third kappa shape index (κ3) is 3.94. The van der Waals surface area contributed by atoms with Gasteiger partial charge in [0, 0.05) is 38.8 Å². The van der Waals surface area contributed by atoms with Crippen LogP contribution in [0.25, 0.3) is 0 Å². The molecule has 1 aliphatic carbocycles. The van der Waals surface area contributed by atoms with Crippen LogP contribution >= 0.6 is 0 Å². The van der Waals surface area contributed by atoms with Crippen LogP contribution in [0.5, 0.6) is 0 Å². The number of nitrogens with zero attached hydrogens (tertiary/aromatic N) is 2. The lowest BCUT2D eigenvalue weighted by molar-refractivity contribution is 0.102. The van der Waals surface area contributed by atoms with Gasteiger partial charge in [-0.1, -0.05) is 26.7 Å². The van der Waals surface area contributed by atoms with Gasteiger partial charge >= 0.3 is 0 Å². The van der Waals surface area contributed by atoms with Crippen LogP contribution in [-0.4, -0.2) is 61.7 Å². The Morgan fingerprint density at radius 1 is 0.944 bits per heavy atom. The lowest BCUT2D eigenvalue weighted by Crippen LogP contribution is -2.50. The molecule has 106 valence electrons. The van der Waals surface area contributed by atoms with Crippen LogP contribution in [0.1, 0.15) is 39.5 Å². The Hall–Kier alpha value is -0.120. The van der Waals surface area contributed by atoms with Gasteiger partial charge in [0.2, 0.25) is 0 Å². The molecule has 2 fully saturated rings. The molecule has 0 spiro atoms. The summed E-state index contributed by atoms with van der Waals surface area (Å²) in [5.41, 5.74) is 0. The van der Waals surface area contributed by atoms with Crippen LogP contribution in [-0.2, 0) is 0 Å². The average Bonchev–Trinajstić information content (AvgIpc) is 2.42. The van der Waals surface area contributed by atoms with E-state index in [1.54, 1.807) is 0 Å². The van der Waals surface area contributed by atoms with Crippen molar-refractivity contribution in [2.45, 2.75) is 45.6 Å². The first-order chi connectivity index (χ1) is 8.83. The molecule has 2 aliphatic rings. The minimum absolute atomic E-state index is 0.785. The summed E-state index contributed by atoms with van der Waals surface area (Å²) in [5, 5.41) is 3.71. The van der Waals surface area contributed by atoms with Crippen molar-refractivity contribution >= 4 is 0 Å². The van der Waals surface area contributed by atoms with Crippen LogP contribution in [0.15, 0.2) is 0 Å². The van der Waals surface area contributed by atoms with Crippen LogP contribution in [0.3, 0.4) is 0 Å². The molecular formula is C15H31N3. The maximum atomic E-state index is 3.71. The van der Waals surface area contributed by atoms with E-state index in [1.807, 2.05) is 0 Å². The van der Waals surface area contributed by atoms with Crippen LogP contribution in [0.2, 0.25) is 0 Å². The molecule has 2 unspecified atom stereocenters. The molecule has 2 atom stereocenters. The number of likely N-dealkylation sites (N-methyl/N-ethyl adjacent to an activating group) is 1. The van der Waals surface area contributed by atoms with E-state index < -0.39 is 0 Å². The van der Waals surface area contributed by atoms with Gasteiger partial charge < -0.3 is 15.1 Å². The van der Waals surface area contributed by atoms with Gasteiger partial charge in [0.05, 0.1) is 0 Å². The first-order valence-corrected chi connectivity index (χ1v) is 8.01. The van der Waals surface area contributed by atoms with Gasteiger partial charge in [-0.15, -0.1) is 0 Å². The zero-order valence-electron chi connectivity index (χ0n) is 12.3. The average molecular weight is 253 g/mol. The molecule has 0 amide bonds. The molecule has 0 aromatic carbocycles. The van der Waals surface area contributed by atoms with Gasteiger partial charge in [0.15, 0.2) is 0 Å². The maximum absolute atomic E-state index is 3.71. The summed E-state index contributed by atoms with van der Waals surface area (Å²) in [6.07, 6.45) is 5.71. The number of nitrogens with one attached hydrogen (secondary N) is 1. The highest BCUT2D eigenvalue weighted by molar-refractivity contribution is 4.84. The van der Waals surface area contributed by atoms with Crippen molar-refractivity contribution in [2.24, 2.45) is 5.92 Å². The number of piperazine rings is 1. The molecule has 0 radical (unpaired) electrons. The first kappa shape index (κ1) is 14.3. The fraction of sp³-hybridized carbons (Fsp3) is 1.00. The fourth-order valence-corrected chi connectivity index (χ4v) is 3.58. The second-order valence-electron chi connectivity index (χ2n) is 5.94. The van der Waals surface area contributed by atoms with E-state index in [4.69, 9.17) is 0 Å². The maximum Gasteiger partial charge on any atom is 0.0110 e. The monoisotopic (exact) mass is 253 g/mol. The number of hydrogen-bond acceptors (Lipinski definition) is 3. The third-order valence-electron chi connectivity index (χ3n) is 4.78. The van der Waals surface area contributed by atoms with Gasteiger partial charge in [-0.3, -0.25) is 0 Å². The molecule has 1 N–H and O–H groups in total. The molecule has 1 heterocycles. The van der Waals surface area contributed by atoms with E-state index in [1.165, 1.54) is 65.0 Å². The number of rotatable bonds is 5. The highest BCUT2D eigenvalue weighted by atomic mass is 15.3. The molecule has 0 bridgehead atoms. The molecule has 0 aromatic heterocycles. The summed E-state index contributed by atoms with van der Waals surface area (Å²) < 4.78 is 0. The highest BCUT2D eigenvalue weighted by Gasteiger charge is 2.27. The Bertz CT molecular complexity index is 222. The minimum atomic E-state index is 0.785. The van der Waals surface area contributed by atoms with E-state index in [9.17, 15) is 0 Å². The summed E-state index contributed by atoms with van der Waals surface area (Å²) in [6, 6.07) is 0.785. The van der Waals surface area contributed by atoms with E-state index in [2.05, 4.69) is 29.0 Å². The largest absolute Gasteiger partial charge is 0.314 e. The highest BCUT2D eigenvalue weighted by Crippen LogP contribution is 2.25. The number of hydrogen-bond donors (Lipinski definition) is 1. The molecule has 2 rings (SSSR count). The lowest BCUT2D eigenvalue weighted by Gasteiger charge is -2.39. The quantitative estimate of drug-likeness (QED) is 0.806. The zero-order chi connectivity index (χ0) is 12.8. The van der Waals surface area contributed by atoms with E-state index in [0.717, 1.165) is 18.5 Å². The standard InChI is InChI=1S/C15H31N3/c1-3-16-15-8-6-5-7-14(15)13-18-11-9-17(4-2)10-12-18/h14-16H,3-13H2,1-2H3. The summed E-state index contributed by atoms with van der Waals surface area (Å²) >= 11 is 0. The Morgan fingerprint density at radius 2 is 1.61 bits per heavy atom. The third-order valence-corrected chi connectivity index (χ3v) is 4.78. The van der Waals surface area contributed by atoms with Crippen molar-refractivity contribution in [1.82, 2.24) is 15.1 Å². The van der Waals surface area contributed by atoms with Gasteiger partial charge in [-0.05, 0) is 31.8 Å². The van der Waals surface area contributed by atoms with Gasteiger partial charge in [0.1, 0.15) is 0 Å². The second-order valence-corrected chi connectivity index (χ2v) is 5.94. The minimum Gasteiger partial charge on any atom is -0.314 e. The molecule has 3 heteroatoms. The second kappa shape index (κ2) is 7.46. The Labute approximate surface area is 113 Å². The summed E-state index contributed by atoms with van der Waals surface area (Å²) in [4.78, 5) is 5.27. The summed E-state index contributed by atoms with van der Waals surface area (Å²) in [7, 11) is 0. The van der Waals surface area contributed by atoms with Crippen molar-refractivity contribution in [3.8, 4) is 0 Å². The lowest BCUT2D eigenvalue weighted by atomic mass is 9.84. The normalized spacial score (nSPS) is 31.7. The predicted octanol–water partition coefficient (Wildman–Crippen LogP) is 1.79. The molecule has 3 nitrogen and oxygen atoms in total. The van der Waals surface area contributed by atoms with E-state index >= 15 is 0 Å². The van der Waals surface area contributed by atoms with Crippen LogP contribution in [0, 0.1) is 5.92 Å². The topological polar surface area (TPSA) is 18.5 Å². The van der Waals surface area contributed by atoms with Crippen molar-refractivity contribution in [3.05, 3.63) is 0 Å².